The molecule has 0 aromatic rings. The first-order valence-corrected chi connectivity index (χ1v) is 6.96. The van der Waals surface area contributed by atoms with Crippen LogP contribution < -0.4 is 4.72 Å². The highest BCUT2D eigenvalue weighted by Gasteiger charge is 2.23. The fourth-order valence-corrected chi connectivity index (χ4v) is 2.30. The number of nitrogens with zero attached hydrogens (tertiary/aromatic N) is 2. The van der Waals surface area contributed by atoms with Crippen molar-refractivity contribution in [1.82, 2.24) is 14.5 Å². The van der Waals surface area contributed by atoms with Crippen LogP contribution in [0.2, 0.25) is 0 Å². The SMILES string of the molecule is CCS(=O)(=O)NCC1CN(C)CCN1C. The van der Waals surface area contributed by atoms with Gasteiger partial charge in [-0.1, -0.05) is 0 Å². The number of sulfonamides is 1. The minimum absolute atomic E-state index is 0.152. The van der Waals surface area contributed by atoms with Gasteiger partial charge in [0.15, 0.2) is 0 Å². The Morgan fingerprint density at radius 2 is 2.00 bits per heavy atom. The first-order chi connectivity index (χ1) is 6.94. The van der Waals surface area contributed by atoms with E-state index >= 15 is 0 Å². The minimum atomic E-state index is -3.05. The van der Waals surface area contributed by atoms with Crippen LogP contribution in [0.4, 0.5) is 0 Å². The first kappa shape index (κ1) is 12.9. The monoisotopic (exact) mass is 235 g/mol. The summed E-state index contributed by atoms with van der Waals surface area (Å²) in [5.41, 5.74) is 0. The molecule has 15 heavy (non-hydrogen) atoms. The van der Waals surface area contributed by atoms with Crippen molar-refractivity contribution in [3.05, 3.63) is 0 Å². The van der Waals surface area contributed by atoms with Gasteiger partial charge < -0.3 is 4.90 Å². The smallest absolute Gasteiger partial charge is 0.211 e. The summed E-state index contributed by atoms with van der Waals surface area (Å²) < 4.78 is 25.2. The molecule has 0 aromatic heterocycles. The van der Waals surface area contributed by atoms with E-state index in [1.807, 2.05) is 7.05 Å². The van der Waals surface area contributed by atoms with Crippen molar-refractivity contribution in [2.24, 2.45) is 0 Å². The third-order valence-electron chi connectivity index (χ3n) is 2.90. The van der Waals surface area contributed by atoms with Gasteiger partial charge >= 0.3 is 0 Å². The van der Waals surface area contributed by atoms with Crippen LogP contribution >= 0.6 is 0 Å². The second-order valence-electron chi connectivity index (χ2n) is 4.15. The Morgan fingerprint density at radius 3 is 2.60 bits per heavy atom. The molecule has 5 nitrogen and oxygen atoms in total. The lowest BCUT2D eigenvalue weighted by atomic mass is 10.2. The Hall–Kier alpha value is -0.170. The van der Waals surface area contributed by atoms with Gasteiger partial charge in [0.05, 0.1) is 5.75 Å². The molecule has 1 aliphatic rings. The third-order valence-corrected chi connectivity index (χ3v) is 4.27. The van der Waals surface area contributed by atoms with Gasteiger partial charge in [-0.15, -0.1) is 0 Å². The van der Waals surface area contributed by atoms with Crippen LogP contribution in [0.1, 0.15) is 6.92 Å². The summed E-state index contributed by atoms with van der Waals surface area (Å²) in [6, 6.07) is 0.282. The van der Waals surface area contributed by atoms with Crippen LogP contribution in [0.25, 0.3) is 0 Å². The van der Waals surface area contributed by atoms with Crippen molar-refractivity contribution in [1.29, 1.82) is 0 Å². The van der Waals surface area contributed by atoms with Gasteiger partial charge in [0, 0.05) is 32.2 Å². The molecule has 1 saturated heterocycles. The zero-order chi connectivity index (χ0) is 11.5. The number of hydrogen-bond acceptors (Lipinski definition) is 4. The van der Waals surface area contributed by atoms with Crippen molar-refractivity contribution in [3.63, 3.8) is 0 Å². The normalized spacial score (nSPS) is 25.7. The molecule has 0 saturated carbocycles. The van der Waals surface area contributed by atoms with Crippen molar-refractivity contribution >= 4 is 10.0 Å². The van der Waals surface area contributed by atoms with Crippen LogP contribution in [0.15, 0.2) is 0 Å². The number of rotatable bonds is 4. The molecule has 1 aliphatic heterocycles. The number of piperazine rings is 1. The summed E-state index contributed by atoms with van der Waals surface area (Å²) in [6.45, 7) is 5.13. The Morgan fingerprint density at radius 1 is 1.33 bits per heavy atom. The number of likely N-dealkylation sites (N-methyl/N-ethyl adjacent to an activating group) is 2. The molecule has 1 rings (SSSR count). The van der Waals surface area contributed by atoms with Crippen LogP contribution in [-0.4, -0.2) is 70.3 Å². The number of nitrogens with one attached hydrogen (secondary N) is 1. The highest BCUT2D eigenvalue weighted by Crippen LogP contribution is 2.05. The molecule has 0 amide bonds. The molecule has 0 radical (unpaired) electrons. The summed E-state index contributed by atoms with van der Waals surface area (Å²) >= 11 is 0. The van der Waals surface area contributed by atoms with E-state index in [4.69, 9.17) is 0 Å². The Labute approximate surface area is 92.5 Å². The van der Waals surface area contributed by atoms with Crippen molar-refractivity contribution in [2.75, 3.05) is 46.0 Å². The zero-order valence-electron chi connectivity index (χ0n) is 9.73. The summed E-state index contributed by atoms with van der Waals surface area (Å²) in [5.74, 6) is 0.152. The lowest BCUT2D eigenvalue weighted by molar-refractivity contribution is 0.117. The topological polar surface area (TPSA) is 52.7 Å². The maximum Gasteiger partial charge on any atom is 0.211 e. The Balaban J connectivity index is 2.43. The van der Waals surface area contributed by atoms with E-state index in [0.717, 1.165) is 19.6 Å². The molecule has 6 heteroatoms. The maximum absolute atomic E-state index is 11.3. The quantitative estimate of drug-likeness (QED) is 0.691. The molecular weight excluding hydrogens is 214 g/mol. The minimum Gasteiger partial charge on any atom is -0.303 e. The standard InChI is InChI=1S/C9H21N3O2S/c1-4-15(13,14)10-7-9-8-11(2)5-6-12(9)3/h9-10H,4-8H2,1-3H3. The van der Waals surface area contributed by atoms with Gasteiger partial charge in [-0.05, 0) is 21.0 Å². The van der Waals surface area contributed by atoms with Crippen LogP contribution in [0.5, 0.6) is 0 Å². The Bertz CT molecular complexity index is 292. The van der Waals surface area contributed by atoms with E-state index in [2.05, 4.69) is 21.6 Å². The molecule has 1 fully saturated rings. The van der Waals surface area contributed by atoms with Crippen molar-refractivity contribution < 1.29 is 8.42 Å². The van der Waals surface area contributed by atoms with Crippen molar-refractivity contribution in [3.8, 4) is 0 Å². The largest absolute Gasteiger partial charge is 0.303 e. The summed E-state index contributed by atoms with van der Waals surface area (Å²) in [7, 11) is 1.05. The first-order valence-electron chi connectivity index (χ1n) is 5.30. The second-order valence-corrected chi connectivity index (χ2v) is 6.24. The maximum atomic E-state index is 11.3. The average Bonchev–Trinajstić information content (AvgIpc) is 2.20. The van der Waals surface area contributed by atoms with Gasteiger partial charge in [-0.25, -0.2) is 13.1 Å². The zero-order valence-corrected chi connectivity index (χ0v) is 10.5. The molecule has 90 valence electrons. The third kappa shape index (κ3) is 4.06. The molecule has 0 aliphatic carbocycles. The van der Waals surface area contributed by atoms with Crippen LogP contribution in [0.3, 0.4) is 0 Å². The second kappa shape index (κ2) is 5.25. The molecule has 0 aromatic carbocycles. The van der Waals surface area contributed by atoms with Crippen LogP contribution in [-0.2, 0) is 10.0 Å². The van der Waals surface area contributed by atoms with Gasteiger partial charge in [-0.3, -0.25) is 4.90 Å². The van der Waals surface area contributed by atoms with Gasteiger partial charge in [0.25, 0.3) is 0 Å². The fourth-order valence-electron chi connectivity index (χ4n) is 1.65. The molecule has 1 unspecified atom stereocenters. The molecular formula is C9H21N3O2S. The van der Waals surface area contributed by atoms with Crippen molar-refractivity contribution in [2.45, 2.75) is 13.0 Å². The molecule has 0 bridgehead atoms. The van der Waals surface area contributed by atoms with E-state index in [0.29, 0.717) is 6.54 Å². The molecule has 1 heterocycles. The van der Waals surface area contributed by atoms with Gasteiger partial charge in [0.2, 0.25) is 10.0 Å². The van der Waals surface area contributed by atoms with E-state index in [-0.39, 0.29) is 11.8 Å². The van der Waals surface area contributed by atoms with E-state index in [1.165, 1.54) is 0 Å². The summed E-state index contributed by atoms with van der Waals surface area (Å²) in [6.07, 6.45) is 0. The average molecular weight is 235 g/mol. The van der Waals surface area contributed by atoms with E-state index in [9.17, 15) is 8.42 Å². The lowest BCUT2D eigenvalue weighted by Gasteiger charge is -2.37. The van der Waals surface area contributed by atoms with Gasteiger partial charge in [-0.2, -0.15) is 0 Å². The Kier molecular flexibility index (Phi) is 4.51. The van der Waals surface area contributed by atoms with Gasteiger partial charge in [0.1, 0.15) is 0 Å². The van der Waals surface area contributed by atoms with Crippen LogP contribution in [0, 0.1) is 0 Å². The predicted octanol–water partition coefficient (Wildman–Crippen LogP) is -0.828. The summed E-state index contributed by atoms with van der Waals surface area (Å²) in [4.78, 5) is 4.43. The molecule has 1 atom stereocenters. The number of hydrogen-bond donors (Lipinski definition) is 1. The predicted molar refractivity (Wildman–Crippen MR) is 61.4 cm³/mol. The highest BCUT2D eigenvalue weighted by atomic mass is 32.2. The highest BCUT2D eigenvalue weighted by molar-refractivity contribution is 7.89. The lowest BCUT2D eigenvalue weighted by Crippen LogP contribution is -2.54. The fraction of sp³-hybridized carbons (Fsp3) is 1.00. The van der Waals surface area contributed by atoms with E-state index in [1.54, 1.807) is 6.92 Å². The molecule has 0 spiro atoms. The summed E-state index contributed by atoms with van der Waals surface area (Å²) in [5, 5.41) is 0. The molecule has 1 N–H and O–H groups in total. The van der Waals surface area contributed by atoms with E-state index < -0.39 is 10.0 Å².